The molecule has 0 atom stereocenters. The van der Waals surface area contributed by atoms with E-state index in [4.69, 9.17) is 11.5 Å². The molecule has 0 aliphatic heterocycles. The molecule has 0 radical (unpaired) electrons. The number of unbranched alkanes of at least 4 members (excludes halogenated alkanes) is 14. The molecule has 0 aliphatic rings. The van der Waals surface area contributed by atoms with Crippen molar-refractivity contribution in [1.29, 1.82) is 0 Å². The molecule has 0 saturated heterocycles. The number of nitrogens with two attached hydrogens (primary N) is 2. The number of aryl methyl sites for hydroxylation is 2. The Kier molecular flexibility index (Phi) is 27.9. The van der Waals surface area contributed by atoms with E-state index in [1.165, 1.54) is 75.3 Å². The standard InChI is InChI=1S/C42H64N2O2/c43-41(45)33-29-25-21-17-13-9-5-1-3-7-11-15-19-23-27-31-39-35-37-40(38-36-39)32-28-24-20-16-12-8-4-2-6-10-14-18-22-26-30-34-42(44)46/h1-8,11-12,15-16,35-38H,9-10,13-14,17-34H2,(H2,43,45)(H2,44,46)/b5-1-,6-2-,7-3+,8-4+,15-11-,16-12-. The minimum Gasteiger partial charge on any atom is -0.370 e. The van der Waals surface area contributed by atoms with Gasteiger partial charge in [0.25, 0.3) is 0 Å². The maximum atomic E-state index is 10.7. The molecule has 0 fully saturated rings. The summed E-state index contributed by atoms with van der Waals surface area (Å²) in [5.74, 6) is -0.368. The fourth-order valence-corrected chi connectivity index (χ4v) is 5.19. The minimum absolute atomic E-state index is 0.184. The third-order valence-electron chi connectivity index (χ3n) is 7.99. The van der Waals surface area contributed by atoms with E-state index < -0.39 is 0 Å². The van der Waals surface area contributed by atoms with Gasteiger partial charge in [0.15, 0.2) is 0 Å². The van der Waals surface area contributed by atoms with Gasteiger partial charge < -0.3 is 11.5 Å². The van der Waals surface area contributed by atoms with Crippen molar-refractivity contribution in [3.8, 4) is 0 Å². The van der Waals surface area contributed by atoms with Gasteiger partial charge in [-0.2, -0.15) is 0 Å². The van der Waals surface area contributed by atoms with E-state index in [9.17, 15) is 9.59 Å². The van der Waals surface area contributed by atoms with E-state index in [1.54, 1.807) is 0 Å². The lowest BCUT2D eigenvalue weighted by Crippen LogP contribution is -2.09. The third kappa shape index (κ3) is 29.3. The van der Waals surface area contributed by atoms with E-state index in [0.29, 0.717) is 12.8 Å². The molecule has 0 heterocycles. The lowest BCUT2D eigenvalue weighted by molar-refractivity contribution is -0.119. The molecule has 0 saturated carbocycles. The van der Waals surface area contributed by atoms with Crippen LogP contribution in [0.3, 0.4) is 0 Å². The SMILES string of the molecule is NC(=O)CCCCCCC\C=C/C=C/C=C\CCCCc1ccc(CCCC\C=C/C=C/C=C\CCCCCCCC(N)=O)cc1. The lowest BCUT2D eigenvalue weighted by atomic mass is 10.0. The van der Waals surface area contributed by atoms with Crippen LogP contribution in [-0.2, 0) is 22.4 Å². The summed E-state index contributed by atoms with van der Waals surface area (Å²) in [6, 6.07) is 9.26. The Morgan fingerprint density at radius 3 is 1.00 bits per heavy atom. The van der Waals surface area contributed by atoms with Crippen LogP contribution < -0.4 is 11.5 Å². The molecule has 4 heteroatoms. The molecule has 254 valence electrons. The van der Waals surface area contributed by atoms with Crippen molar-refractivity contribution in [3.63, 3.8) is 0 Å². The molecule has 0 bridgehead atoms. The van der Waals surface area contributed by atoms with Crippen LogP contribution in [-0.4, -0.2) is 11.8 Å². The monoisotopic (exact) mass is 628 g/mol. The Morgan fingerprint density at radius 1 is 0.391 bits per heavy atom. The van der Waals surface area contributed by atoms with Gasteiger partial charge in [-0.25, -0.2) is 0 Å². The number of hydrogen-bond donors (Lipinski definition) is 2. The molecule has 0 aliphatic carbocycles. The molecule has 4 nitrogen and oxygen atoms in total. The number of primary amides is 2. The fraction of sp³-hybridized carbons (Fsp3) is 0.524. The highest BCUT2D eigenvalue weighted by atomic mass is 16.1. The largest absolute Gasteiger partial charge is 0.370 e. The van der Waals surface area contributed by atoms with Gasteiger partial charge in [-0.3, -0.25) is 9.59 Å². The van der Waals surface area contributed by atoms with E-state index in [2.05, 4.69) is 97.2 Å². The second-order valence-electron chi connectivity index (χ2n) is 12.3. The van der Waals surface area contributed by atoms with Crippen LogP contribution >= 0.6 is 0 Å². The minimum atomic E-state index is -0.184. The Labute approximate surface area is 281 Å². The number of carbonyl (C=O) groups is 2. The molecule has 4 N–H and O–H groups in total. The van der Waals surface area contributed by atoms with Crippen molar-refractivity contribution in [2.75, 3.05) is 0 Å². The number of carbonyl (C=O) groups excluding carboxylic acids is 2. The number of allylic oxidation sites excluding steroid dienone is 12. The maximum absolute atomic E-state index is 10.7. The summed E-state index contributed by atoms with van der Waals surface area (Å²) in [6.07, 6.45) is 50.2. The van der Waals surface area contributed by atoms with Gasteiger partial charge in [0.05, 0.1) is 0 Å². The molecule has 0 unspecified atom stereocenters. The van der Waals surface area contributed by atoms with Crippen LogP contribution in [0.1, 0.15) is 140 Å². The van der Waals surface area contributed by atoms with Crippen LogP contribution in [0, 0.1) is 0 Å². The first-order valence-electron chi connectivity index (χ1n) is 18.2. The first-order chi connectivity index (χ1) is 22.6. The van der Waals surface area contributed by atoms with Crippen LogP contribution in [0.15, 0.2) is 97.2 Å². The molecular weight excluding hydrogens is 564 g/mol. The number of benzene rings is 1. The quantitative estimate of drug-likeness (QED) is 0.0656. The Morgan fingerprint density at radius 2 is 0.674 bits per heavy atom. The fourth-order valence-electron chi connectivity index (χ4n) is 5.19. The van der Waals surface area contributed by atoms with E-state index in [1.807, 2.05) is 0 Å². The summed E-state index contributed by atoms with van der Waals surface area (Å²) in [6.45, 7) is 0. The second kappa shape index (κ2) is 31.6. The molecule has 0 aromatic heterocycles. The molecule has 46 heavy (non-hydrogen) atoms. The predicted octanol–water partition coefficient (Wildman–Crippen LogP) is 10.9. The summed E-state index contributed by atoms with van der Waals surface area (Å²) in [4.78, 5) is 21.4. The summed E-state index contributed by atoms with van der Waals surface area (Å²) in [7, 11) is 0. The van der Waals surface area contributed by atoms with Gasteiger partial charge >= 0.3 is 0 Å². The highest BCUT2D eigenvalue weighted by molar-refractivity contribution is 5.73. The number of rotatable bonds is 30. The number of hydrogen-bond acceptors (Lipinski definition) is 2. The smallest absolute Gasteiger partial charge is 0.217 e. The average molecular weight is 629 g/mol. The van der Waals surface area contributed by atoms with Crippen LogP contribution in [0.25, 0.3) is 0 Å². The van der Waals surface area contributed by atoms with Gasteiger partial charge in [0.1, 0.15) is 0 Å². The Balaban J connectivity index is 1.97. The molecular formula is C42H64N2O2. The van der Waals surface area contributed by atoms with Gasteiger partial charge in [0, 0.05) is 12.8 Å². The normalized spacial score (nSPS) is 12.3. The predicted molar refractivity (Wildman–Crippen MR) is 199 cm³/mol. The molecule has 1 rings (SSSR count). The second-order valence-corrected chi connectivity index (χ2v) is 12.3. The van der Waals surface area contributed by atoms with Crippen LogP contribution in [0.4, 0.5) is 0 Å². The van der Waals surface area contributed by atoms with Crippen LogP contribution in [0.5, 0.6) is 0 Å². The first kappa shape index (κ1) is 40.6. The van der Waals surface area contributed by atoms with Crippen molar-refractivity contribution in [2.24, 2.45) is 11.5 Å². The summed E-state index contributed by atoms with van der Waals surface area (Å²) in [5, 5.41) is 0. The van der Waals surface area contributed by atoms with Crippen LogP contribution in [0.2, 0.25) is 0 Å². The zero-order valence-electron chi connectivity index (χ0n) is 28.8. The van der Waals surface area contributed by atoms with E-state index in [-0.39, 0.29) is 11.8 Å². The van der Waals surface area contributed by atoms with Crippen molar-refractivity contribution in [3.05, 3.63) is 108 Å². The maximum Gasteiger partial charge on any atom is 0.217 e. The first-order valence-corrected chi connectivity index (χ1v) is 18.2. The average Bonchev–Trinajstić information content (AvgIpc) is 3.04. The van der Waals surface area contributed by atoms with Gasteiger partial charge in [-0.1, -0.05) is 136 Å². The summed E-state index contributed by atoms with van der Waals surface area (Å²) < 4.78 is 0. The molecule has 0 spiro atoms. The zero-order valence-corrected chi connectivity index (χ0v) is 28.8. The Bertz CT molecular complexity index is 975. The van der Waals surface area contributed by atoms with Crippen molar-refractivity contribution < 1.29 is 9.59 Å². The third-order valence-corrected chi connectivity index (χ3v) is 7.99. The van der Waals surface area contributed by atoms with Gasteiger partial charge in [-0.05, 0) is 101 Å². The zero-order chi connectivity index (χ0) is 33.2. The summed E-state index contributed by atoms with van der Waals surface area (Å²) >= 11 is 0. The lowest BCUT2D eigenvalue weighted by Gasteiger charge is -2.04. The molecule has 1 aromatic carbocycles. The van der Waals surface area contributed by atoms with E-state index >= 15 is 0 Å². The highest BCUT2D eigenvalue weighted by Crippen LogP contribution is 2.13. The topological polar surface area (TPSA) is 86.2 Å². The molecule has 1 aromatic rings. The highest BCUT2D eigenvalue weighted by Gasteiger charge is 1.97. The van der Waals surface area contributed by atoms with E-state index in [0.717, 1.165) is 64.2 Å². The molecule has 2 amide bonds. The number of amides is 2. The van der Waals surface area contributed by atoms with Crippen molar-refractivity contribution in [2.45, 2.75) is 141 Å². The summed E-state index contributed by atoms with van der Waals surface area (Å²) in [5.41, 5.74) is 13.2. The Hall–Kier alpha value is -3.40. The van der Waals surface area contributed by atoms with Crippen molar-refractivity contribution >= 4 is 11.8 Å². The van der Waals surface area contributed by atoms with Crippen molar-refractivity contribution in [1.82, 2.24) is 0 Å². The van der Waals surface area contributed by atoms with Gasteiger partial charge in [0.2, 0.25) is 11.8 Å². The van der Waals surface area contributed by atoms with Gasteiger partial charge in [-0.15, -0.1) is 0 Å².